The highest BCUT2D eigenvalue weighted by molar-refractivity contribution is 5.76. The summed E-state index contributed by atoms with van der Waals surface area (Å²) in [6.45, 7) is 0.632. The number of carbonyl (C=O) groups excluding carboxylic acids is 1. The molecule has 2 aromatic rings. The van der Waals surface area contributed by atoms with Crippen LogP contribution < -0.4 is 9.47 Å². The Morgan fingerprint density at radius 3 is 2.21 bits per heavy atom. The van der Waals surface area contributed by atoms with Gasteiger partial charge in [0, 0.05) is 6.54 Å². The van der Waals surface area contributed by atoms with Gasteiger partial charge in [-0.15, -0.1) is 0 Å². The number of nitrogens with zero attached hydrogens (tertiary/aromatic N) is 1. The van der Waals surface area contributed by atoms with Gasteiger partial charge in [-0.25, -0.2) is 0 Å². The first-order valence-corrected chi connectivity index (χ1v) is 9.30. The van der Waals surface area contributed by atoms with Crippen LogP contribution in [0.2, 0.25) is 0 Å². The summed E-state index contributed by atoms with van der Waals surface area (Å²) >= 11 is 0. The van der Waals surface area contributed by atoms with E-state index in [0.717, 1.165) is 16.9 Å². The van der Waals surface area contributed by atoms with Crippen LogP contribution in [0.5, 0.6) is 11.5 Å². The predicted molar refractivity (Wildman–Crippen MR) is 109 cm³/mol. The number of rotatable bonds is 11. The van der Waals surface area contributed by atoms with Crippen molar-refractivity contribution in [3.05, 3.63) is 48.5 Å². The molecule has 0 bridgehead atoms. The fraction of sp³-hybridized carbons (Fsp3) is 0.364. The number of carboxylic acids is 1. The lowest BCUT2D eigenvalue weighted by Crippen LogP contribution is -2.35. The largest absolute Gasteiger partial charge is 0.497 e. The molecule has 7 nitrogen and oxygen atoms in total. The molecular weight excluding hydrogens is 374 g/mol. The Morgan fingerprint density at radius 1 is 1.00 bits per heavy atom. The summed E-state index contributed by atoms with van der Waals surface area (Å²) in [5.41, 5.74) is 1.98. The third-order valence-corrected chi connectivity index (χ3v) is 4.08. The average molecular weight is 401 g/mol. The molecule has 0 aromatic heterocycles. The molecule has 7 heteroatoms. The van der Waals surface area contributed by atoms with Crippen LogP contribution >= 0.6 is 0 Å². The van der Waals surface area contributed by atoms with Crippen LogP contribution in [0.3, 0.4) is 0 Å². The maximum atomic E-state index is 11.9. The van der Waals surface area contributed by atoms with Crippen LogP contribution in [0.4, 0.5) is 0 Å². The van der Waals surface area contributed by atoms with E-state index in [2.05, 4.69) is 0 Å². The Hall–Kier alpha value is -3.06. The molecule has 1 N–H and O–H groups in total. The zero-order valence-electron chi connectivity index (χ0n) is 17.0. The highest BCUT2D eigenvalue weighted by Crippen LogP contribution is 2.27. The predicted octanol–water partition coefficient (Wildman–Crippen LogP) is 3.08. The van der Waals surface area contributed by atoms with Crippen LogP contribution in [0.15, 0.2) is 48.5 Å². The zero-order valence-corrected chi connectivity index (χ0v) is 17.0. The number of benzene rings is 2. The zero-order chi connectivity index (χ0) is 21.2. The van der Waals surface area contributed by atoms with Gasteiger partial charge < -0.3 is 24.2 Å². The number of carbonyl (C=O) groups is 2. The number of esters is 1. The maximum Gasteiger partial charge on any atom is 0.306 e. The molecule has 0 heterocycles. The van der Waals surface area contributed by atoms with E-state index >= 15 is 0 Å². The van der Waals surface area contributed by atoms with E-state index in [1.54, 1.807) is 7.11 Å². The quantitative estimate of drug-likeness (QED) is 0.579. The van der Waals surface area contributed by atoms with Gasteiger partial charge in [0.15, 0.2) is 0 Å². The van der Waals surface area contributed by atoms with Gasteiger partial charge in [-0.05, 0) is 49.5 Å². The minimum atomic E-state index is -1.03. The van der Waals surface area contributed by atoms with E-state index in [1.807, 2.05) is 67.5 Å². The van der Waals surface area contributed by atoms with Crippen molar-refractivity contribution < 1.29 is 28.9 Å². The molecule has 2 aromatic carbocycles. The number of likely N-dealkylation sites (N-methyl/N-ethyl adjacent to an activating group) is 1. The van der Waals surface area contributed by atoms with E-state index in [-0.39, 0.29) is 19.4 Å². The van der Waals surface area contributed by atoms with Gasteiger partial charge >= 0.3 is 11.9 Å². The van der Waals surface area contributed by atoms with Crippen molar-refractivity contribution in [2.75, 3.05) is 34.4 Å². The SMILES string of the molecule is COc1cccc(-c2cccc(OCC(CN(C)C)OC(=O)CCC(=O)O)c2)c1. The van der Waals surface area contributed by atoms with Crippen molar-refractivity contribution in [2.24, 2.45) is 0 Å². The number of methoxy groups -OCH3 is 1. The van der Waals surface area contributed by atoms with E-state index in [9.17, 15) is 9.59 Å². The van der Waals surface area contributed by atoms with Crippen molar-refractivity contribution in [2.45, 2.75) is 18.9 Å². The highest BCUT2D eigenvalue weighted by atomic mass is 16.6. The van der Waals surface area contributed by atoms with Crippen molar-refractivity contribution in [3.8, 4) is 22.6 Å². The summed E-state index contributed by atoms with van der Waals surface area (Å²) in [5, 5.41) is 8.70. The van der Waals surface area contributed by atoms with Gasteiger partial charge in [0.2, 0.25) is 0 Å². The first-order chi connectivity index (χ1) is 13.9. The molecule has 1 unspecified atom stereocenters. The Kier molecular flexibility index (Phi) is 8.48. The fourth-order valence-corrected chi connectivity index (χ4v) is 2.74. The second kappa shape index (κ2) is 11.1. The molecular formula is C22H27NO6. The minimum Gasteiger partial charge on any atom is -0.497 e. The lowest BCUT2D eigenvalue weighted by molar-refractivity contribution is -0.153. The van der Waals surface area contributed by atoms with Gasteiger partial charge in [0.25, 0.3) is 0 Å². The number of carboxylic acid groups (broad SMARTS) is 1. The van der Waals surface area contributed by atoms with Gasteiger partial charge in [0.1, 0.15) is 24.2 Å². The molecule has 0 aliphatic heterocycles. The van der Waals surface area contributed by atoms with Crippen molar-refractivity contribution in [3.63, 3.8) is 0 Å². The molecule has 0 spiro atoms. The van der Waals surface area contributed by atoms with Gasteiger partial charge in [-0.1, -0.05) is 24.3 Å². The molecule has 0 fully saturated rings. The first-order valence-electron chi connectivity index (χ1n) is 9.30. The van der Waals surface area contributed by atoms with Crippen LogP contribution in [0.25, 0.3) is 11.1 Å². The number of aliphatic carboxylic acids is 1. The Morgan fingerprint density at radius 2 is 1.62 bits per heavy atom. The topological polar surface area (TPSA) is 85.3 Å². The van der Waals surface area contributed by atoms with Gasteiger partial charge in [-0.2, -0.15) is 0 Å². The normalized spacial score (nSPS) is 11.7. The molecule has 29 heavy (non-hydrogen) atoms. The summed E-state index contributed by atoms with van der Waals surface area (Å²) in [4.78, 5) is 24.4. The lowest BCUT2D eigenvalue weighted by atomic mass is 10.1. The average Bonchev–Trinajstić information content (AvgIpc) is 2.70. The van der Waals surface area contributed by atoms with Crippen LogP contribution in [-0.2, 0) is 14.3 Å². The van der Waals surface area contributed by atoms with E-state index in [1.165, 1.54) is 0 Å². The molecule has 0 saturated carbocycles. The van der Waals surface area contributed by atoms with Gasteiger partial charge in [-0.3, -0.25) is 9.59 Å². The second-order valence-electron chi connectivity index (χ2n) is 6.84. The Bertz CT molecular complexity index is 820. The van der Waals surface area contributed by atoms with Crippen molar-refractivity contribution in [1.82, 2.24) is 4.90 Å². The van der Waals surface area contributed by atoms with Crippen molar-refractivity contribution >= 4 is 11.9 Å². The molecule has 0 aliphatic carbocycles. The molecule has 0 radical (unpaired) electrons. The Labute approximate surface area is 170 Å². The number of hydrogen-bond donors (Lipinski definition) is 1. The fourth-order valence-electron chi connectivity index (χ4n) is 2.74. The number of ether oxygens (including phenoxy) is 3. The summed E-state index contributed by atoms with van der Waals surface area (Å²) in [5.74, 6) is -0.159. The smallest absolute Gasteiger partial charge is 0.306 e. The van der Waals surface area contributed by atoms with Crippen LogP contribution in [0, 0.1) is 0 Å². The lowest BCUT2D eigenvalue weighted by Gasteiger charge is -2.22. The summed E-state index contributed by atoms with van der Waals surface area (Å²) in [6.07, 6.45) is -0.923. The molecule has 0 aliphatic rings. The maximum absolute atomic E-state index is 11.9. The highest BCUT2D eigenvalue weighted by Gasteiger charge is 2.17. The first kappa shape index (κ1) is 22.2. The summed E-state index contributed by atoms with van der Waals surface area (Å²) < 4.78 is 16.5. The summed E-state index contributed by atoms with van der Waals surface area (Å²) in [6, 6.07) is 15.4. The monoisotopic (exact) mass is 401 g/mol. The van der Waals surface area contributed by atoms with Crippen LogP contribution in [-0.4, -0.2) is 62.4 Å². The molecule has 2 rings (SSSR count). The third kappa shape index (κ3) is 7.83. The van der Waals surface area contributed by atoms with Crippen molar-refractivity contribution in [1.29, 1.82) is 0 Å². The Balaban J connectivity index is 2.02. The number of hydrogen-bond acceptors (Lipinski definition) is 6. The molecule has 156 valence electrons. The van der Waals surface area contributed by atoms with E-state index < -0.39 is 18.0 Å². The molecule has 1 atom stereocenters. The third-order valence-electron chi connectivity index (χ3n) is 4.08. The molecule has 0 saturated heterocycles. The standard InChI is InChI=1S/C22H27NO6/c1-23(2)14-20(29-22(26)11-10-21(24)25)15-28-19-9-5-7-17(13-19)16-6-4-8-18(12-16)27-3/h4-9,12-13,20H,10-11,14-15H2,1-3H3,(H,24,25). The van der Waals surface area contributed by atoms with E-state index in [4.69, 9.17) is 19.3 Å². The van der Waals surface area contributed by atoms with Crippen LogP contribution in [0.1, 0.15) is 12.8 Å². The van der Waals surface area contributed by atoms with Gasteiger partial charge in [0.05, 0.1) is 20.0 Å². The minimum absolute atomic E-state index is 0.162. The van der Waals surface area contributed by atoms with E-state index in [0.29, 0.717) is 12.3 Å². The summed E-state index contributed by atoms with van der Waals surface area (Å²) in [7, 11) is 5.35. The molecule has 0 amide bonds. The second-order valence-corrected chi connectivity index (χ2v) is 6.84.